The van der Waals surface area contributed by atoms with Crippen LogP contribution in [0.15, 0.2) is 0 Å². The van der Waals surface area contributed by atoms with Crippen LogP contribution in [0.1, 0.15) is 26.2 Å². The predicted octanol–water partition coefficient (Wildman–Crippen LogP) is -0.587. The second kappa shape index (κ2) is 5.51. The zero-order valence-electron chi connectivity index (χ0n) is 9.60. The van der Waals surface area contributed by atoms with Crippen molar-refractivity contribution in [3.05, 3.63) is 0 Å². The lowest BCUT2D eigenvalue weighted by Gasteiger charge is -2.14. The minimum Gasteiger partial charge on any atom is -0.480 e. The first-order valence-electron chi connectivity index (χ1n) is 5.48. The maximum Gasteiger partial charge on any atom is 0.326 e. The zero-order valence-corrected chi connectivity index (χ0v) is 9.60. The van der Waals surface area contributed by atoms with E-state index in [1.54, 1.807) is 0 Å². The zero-order chi connectivity index (χ0) is 13.0. The maximum absolute atomic E-state index is 11.4. The van der Waals surface area contributed by atoms with E-state index in [9.17, 15) is 14.4 Å². The van der Waals surface area contributed by atoms with E-state index in [2.05, 4.69) is 10.6 Å². The van der Waals surface area contributed by atoms with Gasteiger partial charge in [-0.2, -0.15) is 0 Å². The topological polar surface area (TPSA) is 122 Å². The molecule has 3 atom stereocenters. The van der Waals surface area contributed by atoms with E-state index in [1.807, 2.05) is 6.92 Å². The first-order chi connectivity index (χ1) is 7.90. The predicted molar refractivity (Wildman–Crippen MR) is 59.1 cm³/mol. The molecule has 96 valence electrons. The molecule has 0 radical (unpaired) electrons. The molecule has 0 bridgehead atoms. The van der Waals surface area contributed by atoms with Crippen LogP contribution in [0.3, 0.4) is 0 Å². The number of urea groups is 1. The van der Waals surface area contributed by atoms with Crippen molar-refractivity contribution in [2.75, 3.05) is 0 Å². The average Bonchev–Trinajstić information content (AvgIpc) is 2.87. The Bertz CT molecular complexity index is 332. The van der Waals surface area contributed by atoms with Crippen molar-refractivity contribution < 1.29 is 19.5 Å². The molecule has 0 spiro atoms. The second-order valence-electron chi connectivity index (χ2n) is 4.33. The summed E-state index contributed by atoms with van der Waals surface area (Å²) in [5.74, 6) is -1.32. The van der Waals surface area contributed by atoms with Crippen LogP contribution in [-0.4, -0.2) is 35.1 Å². The van der Waals surface area contributed by atoms with Crippen LogP contribution < -0.4 is 16.4 Å². The van der Waals surface area contributed by atoms with Gasteiger partial charge in [0.25, 0.3) is 0 Å². The lowest BCUT2D eigenvalue weighted by molar-refractivity contribution is -0.139. The lowest BCUT2D eigenvalue weighted by atomic mass is 10.1. The molecule has 0 heterocycles. The fourth-order valence-corrected chi connectivity index (χ4v) is 1.44. The highest BCUT2D eigenvalue weighted by Crippen LogP contribution is 2.28. The van der Waals surface area contributed by atoms with Gasteiger partial charge in [-0.25, -0.2) is 9.59 Å². The summed E-state index contributed by atoms with van der Waals surface area (Å²) in [6, 6.07) is -1.48. The quantitative estimate of drug-likeness (QED) is 0.498. The molecular formula is C10H17N3O4. The smallest absolute Gasteiger partial charge is 0.326 e. The summed E-state index contributed by atoms with van der Waals surface area (Å²) in [6.07, 6.45) is 0.835. The molecule has 1 rings (SSSR count). The largest absolute Gasteiger partial charge is 0.480 e. The van der Waals surface area contributed by atoms with Gasteiger partial charge in [0, 0.05) is 12.5 Å². The summed E-state index contributed by atoms with van der Waals surface area (Å²) in [4.78, 5) is 32.8. The number of nitrogens with two attached hydrogens (primary N) is 1. The van der Waals surface area contributed by atoms with Crippen LogP contribution in [0.2, 0.25) is 0 Å². The van der Waals surface area contributed by atoms with Gasteiger partial charge in [0.05, 0.1) is 0 Å². The first-order valence-corrected chi connectivity index (χ1v) is 5.48. The molecular weight excluding hydrogens is 226 g/mol. The molecule has 0 aromatic heterocycles. The van der Waals surface area contributed by atoms with Crippen molar-refractivity contribution in [2.24, 2.45) is 11.7 Å². The van der Waals surface area contributed by atoms with E-state index in [-0.39, 0.29) is 18.9 Å². The van der Waals surface area contributed by atoms with E-state index in [1.165, 1.54) is 0 Å². The SMILES string of the molecule is CC1CC1NC(=O)N[C@H](CCC(N)=O)C(=O)O. The van der Waals surface area contributed by atoms with Gasteiger partial charge in [-0.1, -0.05) is 6.92 Å². The Balaban J connectivity index is 2.34. The Morgan fingerprint density at radius 3 is 2.47 bits per heavy atom. The molecule has 1 aliphatic carbocycles. The van der Waals surface area contributed by atoms with Crippen LogP contribution in [0, 0.1) is 5.92 Å². The Morgan fingerprint density at radius 2 is 2.06 bits per heavy atom. The number of aliphatic carboxylic acids is 1. The number of carbonyl (C=O) groups is 3. The molecule has 1 saturated carbocycles. The van der Waals surface area contributed by atoms with Gasteiger partial charge >= 0.3 is 12.0 Å². The van der Waals surface area contributed by atoms with E-state index in [0.29, 0.717) is 5.92 Å². The monoisotopic (exact) mass is 243 g/mol. The van der Waals surface area contributed by atoms with Crippen molar-refractivity contribution in [3.8, 4) is 0 Å². The molecule has 0 aliphatic heterocycles. The van der Waals surface area contributed by atoms with Crippen molar-refractivity contribution in [3.63, 3.8) is 0 Å². The van der Waals surface area contributed by atoms with E-state index < -0.39 is 23.9 Å². The molecule has 5 N–H and O–H groups in total. The highest BCUT2D eigenvalue weighted by molar-refractivity contribution is 5.83. The fourth-order valence-electron chi connectivity index (χ4n) is 1.44. The number of carboxylic acid groups (broad SMARTS) is 1. The molecule has 0 aromatic carbocycles. The number of hydrogen-bond donors (Lipinski definition) is 4. The third-order valence-electron chi connectivity index (χ3n) is 2.71. The standard InChI is InChI=1S/C10H17N3O4/c1-5-4-7(5)13-10(17)12-6(9(15)16)2-3-8(11)14/h5-7H,2-4H2,1H3,(H2,11,14)(H,15,16)(H2,12,13,17)/t5?,6-,7?/m1/s1. The van der Waals surface area contributed by atoms with Gasteiger partial charge in [0.1, 0.15) is 6.04 Å². The Kier molecular flexibility index (Phi) is 4.30. The normalized spacial score (nSPS) is 23.6. The number of amides is 3. The van der Waals surface area contributed by atoms with Crippen LogP contribution >= 0.6 is 0 Å². The summed E-state index contributed by atoms with van der Waals surface area (Å²) in [7, 11) is 0. The summed E-state index contributed by atoms with van der Waals surface area (Å²) < 4.78 is 0. The van der Waals surface area contributed by atoms with Crippen LogP contribution in [0.5, 0.6) is 0 Å². The Morgan fingerprint density at radius 1 is 1.47 bits per heavy atom. The lowest BCUT2D eigenvalue weighted by Crippen LogP contribution is -2.47. The number of primary amides is 1. The number of rotatable bonds is 6. The van der Waals surface area contributed by atoms with Gasteiger partial charge < -0.3 is 21.5 Å². The van der Waals surface area contributed by atoms with Gasteiger partial charge in [-0.15, -0.1) is 0 Å². The molecule has 2 unspecified atom stereocenters. The number of carbonyl (C=O) groups excluding carboxylic acids is 2. The molecule has 0 aromatic rings. The highest BCUT2D eigenvalue weighted by atomic mass is 16.4. The van der Waals surface area contributed by atoms with Crippen molar-refractivity contribution >= 4 is 17.9 Å². The molecule has 7 nitrogen and oxygen atoms in total. The summed E-state index contributed by atoms with van der Waals surface area (Å²) in [6.45, 7) is 1.99. The van der Waals surface area contributed by atoms with E-state index in [0.717, 1.165) is 6.42 Å². The van der Waals surface area contributed by atoms with Crippen molar-refractivity contribution in [2.45, 2.75) is 38.3 Å². The fraction of sp³-hybridized carbons (Fsp3) is 0.700. The number of nitrogens with one attached hydrogen (secondary N) is 2. The van der Waals surface area contributed by atoms with Crippen molar-refractivity contribution in [1.29, 1.82) is 0 Å². The summed E-state index contributed by atoms with van der Waals surface area (Å²) >= 11 is 0. The molecule has 7 heteroatoms. The minimum absolute atomic E-state index is 0.00168. The minimum atomic E-state index is -1.18. The van der Waals surface area contributed by atoms with Crippen LogP contribution in [0.4, 0.5) is 4.79 Å². The van der Waals surface area contributed by atoms with E-state index in [4.69, 9.17) is 10.8 Å². The third-order valence-corrected chi connectivity index (χ3v) is 2.71. The number of carboxylic acids is 1. The van der Waals surface area contributed by atoms with Gasteiger partial charge in [-0.3, -0.25) is 4.79 Å². The van der Waals surface area contributed by atoms with Crippen LogP contribution in [-0.2, 0) is 9.59 Å². The second-order valence-corrected chi connectivity index (χ2v) is 4.33. The molecule has 1 fully saturated rings. The molecule has 17 heavy (non-hydrogen) atoms. The molecule has 0 saturated heterocycles. The van der Waals surface area contributed by atoms with Crippen molar-refractivity contribution in [1.82, 2.24) is 10.6 Å². The van der Waals surface area contributed by atoms with Gasteiger partial charge in [0.15, 0.2) is 0 Å². The maximum atomic E-state index is 11.4. The first kappa shape index (κ1) is 13.3. The molecule has 1 aliphatic rings. The molecule has 3 amide bonds. The third kappa shape index (κ3) is 4.71. The van der Waals surface area contributed by atoms with Gasteiger partial charge in [0.2, 0.25) is 5.91 Å². The Labute approximate surface area is 98.7 Å². The highest BCUT2D eigenvalue weighted by Gasteiger charge is 2.34. The average molecular weight is 243 g/mol. The van der Waals surface area contributed by atoms with E-state index >= 15 is 0 Å². The Hall–Kier alpha value is -1.79. The van der Waals surface area contributed by atoms with Gasteiger partial charge in [-0.05, 0) is 18.8 Å². The summed E-state index contributed by atoms with van der Waals surface area (Å²) in [5, 5.41) is 13.8. The van der Waals surface area contributed by atoms with Crippen LogP contribution in [0.25, 0.3) is 0 Å². The summed E-state index contributed by atoms with van der Waals surface area (Å²) in [5.41, 5.74) is 4.92. The number of hydrogen-bond acceptors (Lipinski definition) is 3.